The number of non-ortho nitro benzene ring substituents is 1. The molecule has 0 aliphatic rings. The molecule has 0 unspecified atom stereocenters. The summed E-state index contributed by atoms with van der Waals surface area (Å²) in [5.74, 6) is 1.97. The van der Waals surface area contributed by atoms with Gasteiger partial charge in [0.25, 0.3) is 5.69 Å². The Kier molecular flexibility index (Phi) is 5.32. The summed E-state index contributed by atoms with van der Waals surface area (Å²) < 4.78 is 10.8. The molecule has 0 aliphatic carbocycles. The van der Waals surface area contributed by atoms with Gasteiger partial charge in [-0.25, -0.2) is 4.98 Å². The first-order valence-electron chi connectivity index (χ1n) is 8.27. The molecule has 9 nitrogen and oxygen atoms in total. The van der Waals surface area contributed by atoms with E-state index in [0.717, 1.165) is 5.56 Å². The van der Waals surface area contributed by atoms with Crippen LogP contribution in [0.1, 0.15) is 24.4 Å². The van der Waals surface area contributed by atoms with Gasteiger partial charge < -0.3 is 15.2 Å². The van der Waals surface area contributed by atoms with E-state index in [1.165, 1.54) is 12.1 Å². The molecule has 140 valence electrons. The van der Waals surface area contributed by atoms with E-state index in [1.807, 2.05) is 13.0 Å². The summed E-state index contributed by atoms with van der Waals surface area (Å²) in [6.45, 7) is 2.42. The summed E-state index contributed by atoms with van der Waals surface area (Å²) in [6.07, 6.45) is 0. The second-order valence-electron chi connectivity index (χ2n) is 5.67. The molecule has 27 heavy (non-hydrogen) atoms. The number of methoxy groups -OCH3 is 1. The Morgan fingerprint density at radius 1 is 1.26 bits per heavy atom. The molecular formula is C18H19N5O4. The summed E-state index contributed by atoms with van der Waals surface area (Å²) in [5.41, 5.74) is 7.56. The van der Waals surface area contributed by atoms with E-state index in [4.69, 9.17) is 15.2 Å². The quantitative estimate of drug-likeness (QED) is 0.484. The number of nitro benzene ring substituents is 1. The minimum absolute atomic E-state index is 0.0283. The van der Waals surface area contributed by atoms with Gasteiger partial charge in [0.2, 0.25) is 0 Å². The minimum Gasteiger partial charge on any atom is -0.493 e. The lowest BCUT2D eigenvalue weighted by atomic mass is 10.1. The average molecular weight is 369 g/mol. The number of nitrogens with one attached hydrogen (secondary N) is 1. The van der Waals surface area contributed by atoms with Crippen molar-refractivity contribution < 1.29 is 14.4 Å². The standard InChI is InChI=1S/C18H19N5O4/c1-3-27-14-8-7-11(10-15(14)26-2)16(19)18-20-17(21-22-18)12-5-4-6-13(9-12)23(24)25/h4-10,16H,3,19H2,1-2H3,(H,20,21,22)/t16-/m1/s1. The van der Waals surface area contributed by atoms with Crippen LogP contribution in [0, 0.1) is 10.1 Å². The third-order valence-corrected chi connectivity index (χ3v) is 3.96. The van der Waals surface area contributed by atoms with E-state index in [0.29, 0.717) is 35.3 Å². The Morgan fingerprint density at radius 2 is 2.07 bits per heavy atom. The van der Waals surface area contributed by atoms with Gasteiger partial charge in [-0.05, 0) is 24.6 Å². The number of benzene rings is 2. The first-order valence-corrected chi connectivity index (χ1v) is 8.27. The van der Waals surface area contributed by atoms with Gasteiger partial charge in [0.05, 0.1) is 24.7 Å². The highest BCUT2D eigenvalue weighted by molar-refractivity contribution is 5.59. The predicted molar refractivity (Wildman–Crippen MR) is 98.7 cm³/mol. The number of H-pyrrole nitrogens is 1. The van der Waals surface area contributed by atoms with Crippen molar-refractivity contribution in [3.8, 4) is 22.9 Å². The number of rotatable bonds is 7. The zero-order valence-corrected chi connectivity index (χ0v) is 14.9. The second kappa shape index (κ2) is 7.83. The van der Waals surface area contributed by atoms with Crippen molar-refractivity contribution in [3.63, 3.8) is 0 Å². The molecule has 3 rings (SSSR count). The number of hydrogen-bond donors (Lipinski definition) is 2. The molecular weight excluding hydrogens is 350 g/mol. The van der Waals surface area contributed by atoms with Gasteiger partial charge in [-0.2, -0.15) is 5.10 Å². The van der Waals surface area contributed by atoms with Gasteiger partial charge in [0.15, 0.2) is 17.3 Å². The fraction of sp³-hybridized carbons (Fsp3) is 0.222. The SMILES string of the molecule is CCOc1ccc([C@@H](N)c2nc(-c3cccc([N+](=O)[O-])c3)n[nH]2)cc1OC. The molecule has 0 saturated carbocycles. The lowest BCUT2D eigenvalue weighted by Crippen LogP contribution is -2.14. The predicted octanol–water partition coefficient (Wildman–Crippen LogP) is 2.84. The Morgan fingerprint density at radius 3 is 2.78 bits per heavy atom. The molecule has 2 aromatic carbocycles. The second-order valence-corrected chi connectivity index (χ2v) is 5.67. The van der Waals surface area contributed by atoms with Crippen molar-refractivity contribution in [2.45, 2.75) is 13.0 Å². The van der Waals surface area contributed by atoms with Gasteiger partial charge in [0.1, 0.15) is 5.82 Å². The van der Waals surface area contributed by atoms with E-state index >= 15 is 0 Å². The molecule has 9 heteroatoms. The Hall–Kier alpha value is -3.46. The van der Waals surface area contributed by atoms with Crippen LogP contribution >= 0.6 is 0 Å². The molecule has 0 spiro atoms. The van der Waals surface area contributed by atoms with Crippen molar-refractivity contribution in [3.05, 3.63) is 64.0 Å². The maximum absolute atomic E-state index is 10.9. The van der Waals surface area contributed by atoms with Crippen LogP contribution in [0.4, 0.5) is 5.69 Å². The first-order chi connectivity index (χ1) is 13.0. The van der Waals surface area contributed by atoms with Crippen molar-refractivity contribution in [1.82, 2.24) is 15.2 Å². The smallest absolute Gasteiger partial charge is 0.270 e. The highest BCUT2D eigenvalue weighted by Gasteiger charge is 2.18. The third kappa shape index (κ3) is 3.87. The zero-order chi connectivity index (χ0) is 19.4. The van der Waals surface area contributed by atoms with Gasteiger partial charge in [-0.3, -0.25) is 15.2 Å². The van der Waals surface area contributed by atoms with Crippen molar-refractivity contribution in [2.24, 2.45) is 5.73 Å². The normalized spacial score (nSPS) is 11.8. The highest BCUT2D eigenvalue weighted by atomic mass is 16.6. The Bertz CT molecular complexity index is 956. The van der Waals surface area contributed by atoms with Crippen LogP contribution in [0.15, 0.2) is 42.5 Å². The summed E-state index contributed by atoms with van der Waals surface area (Å²) in [4.78, 5) is 14.9. The van der Waals surface area contributed by atoms with Gasteiger partial charge in [-0.1, -0.05) is 18.2 Å². The number of aromatic amines is 1. The molecule has 3 aromatic rings. The molecule has 0 fully saturated rings. The molecule has 0 saturated heterocycles. The molecule has 0 radical (unpaired) electrons. The minimum atomic E-state index is -0.575. The van der Waals surface area contributed by atoms with Crippen LogP contribution < -0.4 is 15.2 Å². The van der Waals surface area contributed by atoms with Gasteiger partial charge >= 0.3 is 0 Å². The number of aromatic nitrogens is 3. The van der Waals surface area contributed by atoms with E-state index in [1.54, 1.807) is 31.4 Å². The lowest BCUT2D eigenvalue weighted by Gasteiger charge is -2.13. The first kappa shape index (κ1) is 18.3. The van der Waals surface area contributed by atoms with E-state index in [9.17, 15) is 10.1 Å². The average Bonchev–Trinajstić information content (AvgIpc) is 3.18. The molecule has 1 atom stereocenters. The molecule has 1 aromatic heterocycles. The Balaban J connectivity index is 1.88. The maximum atomic E-state index is 10.9. The van der Waals surface area contributed by atoms with Crippen molar-refractivity contribution in [2.75, 3.05) is 13.7 Å². The number of hydrogen-bond acceptors (Lipinski definition) is 7. The molecule has 3 N–H and O–H groups in total. The van der Waals surface area contributed by atoms with E-state index < -0.39 is 11.0 Å². The van der Waals surface area contributed by atoms with E-state index in [2.05, 4.69) is 15.2 Å². The molecule has 1 heterocycles. The van der Waals surface area contributed by atoms with E-state index in [-0.39, 0.29) is 5.69 Å². The summed E-state index contributed by atoms with van der Waals surface area (Å²) in [6, 6.07) is 10.9. The number of nitrogens with zero attached hydrogens (tertiary/aromatic N) is 3. The van der Waals surface area contributed by atoms with Crippen LogP contribution in [-0.4, -0.2) is 33.8 Å². The summed E-state index contributed by atoms with van der Waals surface area (Å²) >= 11 is 0. The van der Waals surface area contributed by atoms with Crippen LogP contribution in [0.3, 0.4) is 0 Å². The Labute approximate surface area is 155 Å². The largest absolute Gasteiger partial charge is 0.493 e. The lowest BCUT2D eigenvalue weighted by molar-refractivity contribution is -0.384. The molecule has 0 amide bonds. The fourth-order valence-electron chi connectivity index (χ4n) is 2.61. The van der Waals surface area contributed by atoms with Crippen molar-refractivity contribution in [1.29, 1.82) is 0 Å². The number of nitrogens with two attached hydrogens (primary N) is 1. The highest BCUT2D eigenvalue weighted by Crippen LogP contribution is 2.31. The summed E-state index contributed by atoms with van der Waals surface area (Å²) in [5, 5.41) is 17.9. The third-order valence-electron chi connectivity index (χ3n) is 3.96. The van der Waals surface area contributed by atoms with Gasteiger partial charge in [0, 0.05) is 17.7 Å². The van der Waals surface area contributed by atoms with Crippen LogP contribution in [0.5, 0.6) is 11.5 Å². The van der Waals surface area contributed by atoms with Crippen molar-refractivity contribution >= 4 is 5.69 Å². The molecule has 0 bridgehead atoms. The van der Waals surface area contributed by atoms with Crippen LogP contribution in [0.25, 0.3) is 11.4 Å². The topological polar surface area (TPSA) is 129 Å². The number of ether oxygens (including phenoxy) is 2. The summed E-state index contributed by atoms with van der Waals surface area (Å²) in [7, 11) is 1.56. The monoisotopic (exact) mass is 369 g/mol. The van der Waals surface area contributed by atoms with Gasteiger partial charge in [-0.15, -0.1) is 0 Å². The van der Waals surface area contributed by atoms with Crippen LogP contribution in [-0.2, 0) is 0 Å². The maximum Gasteiger partial charge on any atom is 0.270 e. The zero-order valence-electron chi connectivity index (χ0n) is 14.9. The van der Waals surface area contributed by atoms with Crippen LogP contribution in [0.2, 0.25) is 0 Å². The molecule has 0 aliphatic heterocycles. The fourth-order valence-corrected chi connectivity index (χ4v) is 2.61. The number of nitro groups is 1.